The average molecular weight is 237 g/mol. The second kappa shape index (κ2) is 3.87. The van der Waals surface area contributed by atoms with E-state index in [4.69, 9.17) is 28.9 Å². The van der Waals surface area contributed by atoms with Crippen molar-refractivity contribution >= 4 is 35.3 Å². The van der Waals surface area contributed by atoms with Gasteiger partial charge in [-0.2, -0.15) is 0 Å². The fraction of sp³-hybridized carbons (Fsp3) is 0.273. The van der Waals surface area contributed by atoms with Gasteiger partial charge in [0.05, 0.1) is 10.9 Å². The van der Waals surface area contributed by atoms with Crippen LogP contribution in [0.25, 0.3) is 10.9 Å². The molecule has 1 heterocycles. The van der Waals surface area contributed by atoms with Crippen LogP contribution in [0.3, 0.4) is 0 Å². The number of aromatic nitrogens is 1. The molecule has 0 saturated carbocycles. The van der Waals surface area contributed by atoms with Gasteiger partial charge in [0.25, 0.3) is 4.84 Å². The van der Waals surface area contributed by atoms with Gasteiger partial charge >= 0.3 is 0 Å². The fourth-order valence-electron chi connectivity index (χ4n) is 1.47. The van der Waals surface area contributed by atoms with Crippen LogP contribution in [0.5, 0.6) is 0 Å². The summed E-state index contributed by atoms with van der Waals surface area (Å²) in [6.45, 7) is 4.29. The highest BCUT2D eigenvalue weighted by Gasteiger charge is 2.03. The Kier molecular flexibility index (Phi) is 2.71. The van der Waals surface area contributed by atoms with Gasteiger partial charge in [0.2, 0.25) is 4.71 Å². The molecule has 0 fully saturated rings. The van der Waals surface area contributed by atoms with E-state index in [-0.39, 0.29) is 0 Å². The van der Waals surface area contributed by atoms with Crippen molar-refractivity contribution < 1.29 is 4.42 Å². The van der Waals surface area contributed by atoms with Gasteiger partial charge in [-0.15, -0.1) is 0 Å². The molecule has 0 amide bonds. The number of rotatable bonds is 1. The minimum absolute atomic E-state index is 0.324. The normalized spacial score (nSPS) is 11.1. The van der Waals surface area contributed by atoms with Crippen LogP contribution in [-0.4, -0.2) is 4.98 Å². The molecular formula is C11H11NOS2. The lowest BCUT2D eigenvalue weighted by atomic mass is 10.0. The SMILES string of the molecule is CC(C)c1ccc2[nH]c(=S)oc(=S)c2c1. The number of benzene rings is 1. The highest BCUT2D eigenvalue weighted by atomic mass is 32.1. The molecule has 2 rings (SSSR count). The Morgan fingerprint density at radius 1 is 1.27 bits per heavy atom. The molecule has 15 heavy (non-hydrogen) atoms. The lowest BCUT2D eigenvalue weighted by molar-refractivity contribution is 0.505. The summed E-state index contributed by atoms with van der Waals surface area (Å²) in [6.07, 6.45) is 0. The van der Waals surface area contributed by atoms with Gasteiger partial charge in [0.1, 0.15) is 0 Å². The van der Waals surface area contributed by atoms with E-state index >= 15 is 0 Å². The molecule has 2 nitrogen and oxygen atoms in total. The van der Waals surface area contributed by atoms with Crippen LogP contribution in [0.4, 0.5) is 0 Å². The summed E-state index contributed by atoms with van der Waals surface area (Å²) in [5.74, 6) is 0.479. The largest absolute Gasteiger partial charge is 0.419 e. The van der Waals surface area contributed by atoms with Crippen molar-refractivity contribution in [2.45, 2.75) is 19.8 Å². The maximum atomic E-state index is 5.20. The molecule has 0 aliphatic carbocycles. The minimum atomic E-state index is 0.324. The zero-order valence-electron chi connectivity index (χ0n) is 8.53. The van der Waals surface area contributed by atoms with Crippen molar-refractivity contribution in [2.24, 2.45) is 0 Å². The molecule has 0 unspecified atom stereocenters. The van der Waals surface area contributed by atoms with E-state index in [0.29, 0.717) is 15.5 Å². The lowest BCUT2D eigenvalue weighted by Gasteiger charge is -2.06. The molecule has 0 atom stereocenters. The Morgan fingerprint density at radius 2 is 2.00 bits per heavy atom. The number of hydrogen-bond donors (Lipinski definition) is 1. The van der Waals surface area contributed by atoms with E-state index in [9.17, 15) is 0 Å². The minimum Gasteiger partial charge on any atom is -0.419 e. The van der Waals surface area contributed by atoms with Crippen molar-refractivity contribution in [2.75, 3.05) is 0 Å². The Balaban J connectivity index is 2.83. The van der Waals surface area contributed by atoms with Gasteiger partial charge in [-0.3, -0.25) is 0 Å². The van der Waals surface area contributed by atoms with E-state index < -0.39 is 0 Å². The molecule has 1 aromatic carbocycles. The maximum absolute atomic E-state index is 5.20. The second-order valence-electron chi connectivity index (χ2n) is 3.76. The zero-order valence-corrected chi connectivity index (χ0v) is 10.2. The third-order valence-electron chi connectivity index (χ3n) is 2.35. The van der Waals surface area contributed by atoms with Gasteiger partial charge in [0, 0.05) is 0 Å². The van der Waals surface area contributed by atoms with Gasteiger partial charge in [-0.25, -0.2) is 0 Å². The molecule has 4 heteroatoms. The first-order valence-corrected chi connectivity index (χ1v) is 5.56. The first-order valence-electron chi connectivity index (χ1n) is 4.75. The average Bonchev–Trinajstić information content (AvgIpc) is 2.16. The summed E-state index contributed by atoms with van der Waals surface area (Å²) in [4.78, 5) is 3.30. The Morgan fingerprint density at radius 3 is 2.67 bits per heavy atom. The molecule has 1 N–H and O–H groups in total. The molecule has 0 aliphatic rings. The molecule has 0 saturated heterocycles. The highest BCUT2D eigenvalue weighted by Crippen LogP contribution is 2.21. The van der Waals surface area contributed by atoms with Crippen LogP contribution in [-0.2, 0) is 0 Å². The van der Waals surface area contributed by atoms with Gasteiger partial charge < -0.3 is 9.40 Å². The topological polar surface area (TPSA) is 28.9 Å². The van der Waals surface area contributed by atoms with Gasteiger partial charge in [-0.1, -0.05) is 19.9 Å². The smallest absolute Gasteiger partial charge is 0.267 e. The van der Waals surface area contributed by atoms with Crippen LogP contribution in [0, 0.1) is 9.54 Å². The summed E-state index contributed by atoms with van der Waals surface area (Å²) >= 11 is 10.1. The molecule has 0 spiro atoms. The standard InChI is InChI=1S/C11H11NOS2/c1-6(2)7-3-4-9-8(5-7)10(14)13-11(15)12-9/h3-6H,1-2H3,(H,12,15). The van der Waals surface area contributed by atoms with E-state index in [0.717, 1.165) is 10.9 Å². The summed E-state index contributed by atoms with van der Waals surface area (Å²) in [7, 11) is 0. The van der Waals surface area contributed by atoms with Crippen LogP contribution in [0.1, 0.15) is 25.3 Å². The van der Waals surface area contributed by atoms with Crippen LogP contribution < -0.4 is 0 Å². The van der Waals surface area contributed by atoms with Crippen molar-refractivity contribution in [3.05, 3.63) is 33.3 Å². The molecule has 78 valence electrons. The molecular weight excluding hydrogens is 226 g/mol. The summed E-state index contributed by atoms with van der Waals surface area (Å²) in [5, 5.41) is 0.921. The molecule has 2 aromatic rings. The van der Waals surface area contributed by atoms with E-state index in [1.165, 1.54) is 5.56 Å². The highest BCUT2D eigenvalue weighted by molar-refractivity contribution is 7.72. The van der Waals surface area contributed by atoms with Crippen LogP contribution in [0.15, 0.2) is 22.6 Å². The quantitative estimate of drug-likeness (QED) is 0.748. The third-order valence-corrected chi connectivity index (χ3v) is 2.84. The molecule has 0 aliphatic heterocycles. The van der Waals surface area contributed by atoms with Crippen molar-refractivity contribution in [1.82, 2.24) is 4.98 Å². The predicted octanol–water partition coefficient (Wildman–Crippen LogP) is 4.34. The Hall–Kier alpha value is -1.00. The van der Waals surface area contributed by atoms with E-state index in [1.807, 2.05) is 6.07 Å². The van der Waals surface area contributed by atoms with Crippen LogP contribution in [0.2, 0.25) is 0 Å². The van der Waals surface area contributed by atoms with Crippen LogP contribution >= 0.6 is 24.4 Å². The number of nitrogens with one attached hydrogen (secondary N) is 1. The third kappa shape index (κ3) is 2.01. The van der Waals surface area contributed by atoms with E-state index in [1.54, 1.807) is 0 Å². The summed E-state index contributed by atoms with van der Waals surface area (Å²) in [6, 6.07) is 6.12. The molecule has 0 radical (unpaired) electrons. The van der Waals surface area contributed by atoms with Crippen molar-refractivity contribution in [1.29, 1.82) is 0 Å². The molecule has 0 bridgehead atoms. The number of H-pyrrole nitrogens is 1. The van der Waals surface area contributed by atoms with Gasteiger partial charge in [-0.05, 0) is 48.0 Å². The number of aromatic amines is 1. The maximum Gasteiger partial charge on any atom is 0.267 e. The second-order valence-corrected chi connectivity index (χ2v) is 4.50. The Labute approximate surface area is 97.9 Å². The zero-order chi connectivity index (χ0) is 11.0. The fourth-order valence-corrected chi connectivity index (χ4v) is 1.97. The Bertz CT molecular complexity index is 610. The number of hydrogen-bond acceptors (Lipinski definition) is 3. The van der Waals surface area contributed by atoms with Crippen molar-refractivity contribution in [3.8, 4) is 0 Å². The lowest BCUT2D eigenvalue weighted by Crippen LogP contribution is -1.88. The van der Waals surface area contributed by atoms with Crippen molar-refractivity contribution in [3.63, 3.8) is 0 Å². The van der Waals surface area contributed by atoms with Gasteiger partial charge in [0.15, 0.2) is 0 Å². The monoisotopic (exact) mass is 237 g/mol. The first kappa shape index (κ1) is 10.5. The summed E-state index contributed by atoms with van der Waals surface area (Å²) < 4.78 is 5.65. The first-order chi connectivity index (χ1) is 7.08. The summed E-state index contributed by atoms with van der Waals surface area (Å²) in [5.41, 5.74) is 2.18. The predicted molar refractivity (Wildman–Crippen MR) is 66.3 cm³/mol. The number of fused-ring (bicyclic) bond motifs is 1. The molecule has 1 aromatic heterocycles. The van der Waals surface area contributed by atoms with E-state index in [2.05, 4.69) is 31.0 Å².